The van der Waals surface area contributed by atoms with Crippen molar-refractivity contribution >= 4 is 35.0 Å². The number of aliphatic hydroxyl groups is 1. The van der Waals surface area contributed by atoms with Gasteiger partial charge in [-0.3, -0.25) is 14.4 Å². The lowest BCUT2D eigenvalue weighted by Gasteiger charge is -2.38. The third-order valence-corrected chi connectivity index (χ3v) is 8.14. The molecule has 2 fully saturated rings. The lowest BCUT2D eigenvalue weighted by atomic mass is 9.77. The van der Waals surface area contributed by atoms with Gasteiger partial charge in [-0.05, 0) is 25.0 Å². The van der Waals surface area contributed by atoms with Gasteiger partial charge in [0.05, 0.1) is 41.3 Å². The second-order valence-electron chi connectivity index (χ2n) is 9.74. The fourth-order valence-corrected chi connectivity index (χ4v) is 6.50. The number of aliphatic hydroxyl groups excluding tert-OH is 1. The summed E-state index contributed by atoms with van der Waals surface area (Å²) in [6.45, 7) is 4.11. The average Bonchev–Trinajstić information content (AvgIpc) is 3.16. The van der Waals surface area contributed by atoms with Crippen molar-refractivity contribution in [2.24, 2.45) is 11.8 Å². The Morgan fingerprint density at radius 3 is 2.63 bits per heavy atom. The third-order valence-electron chi connectivity index (χ3n) is 7.83. The van der Waals surface area contributed by atoms with Crippen LogP contribution < -0.4 is 4.90 Å². The second kappa shape index (κ2) is 8.76. The number of carbonyl (C=O) groups excluding carboxylic acids is 3. The highest BCUT2D eigenvalue weighted by Gasteiger charge is 2.72. The Balaban J connectivity index is 1.68. The summed E-state index contributed by atoms with van der Waals surface area (Å²) in [5.74, 6) is -2.48. The van der Waals surface area contributed by atoms with Crippen LogP contribution in [-0.2, 0) is 19.1 Å². The van der Waals surface area contributed by atoms with Crippen LogP contribution in [0.3, 0.4) is 0 Å². The number of rotatable bonds is 4. The van der Waals surface area contributed by atoms with E-state index < -0.39 is 35.6 Å². The van der Waals surface area contributed by atoms with Gasteiger partial charge in [0.1, 0.15) is 11.6 Å². The van der Waals surface area contributed by atoms with Crippen molar-refractivity contribution in [2.45, 2.75) is 44.1 Å². The minimum absolute atomic E-state index is 0.184. The molecule has 8 nitrogen and oxygen atoms in total. The Bertz CT molecular complexity index is 1110. The molecule has 0 saturated carbocycles. The van der Waals surface area contributed by atoms with Crippen LogP contribution in [0.5, 0.6) is 0 Å². The Kier molecular flexibility index (Phi) is 6.02. The molecule has 1 N–H and O–H groups in total. The standard InChI is InChI=1S/C26H30ClN3O5/c1-4-16(14-31)30-22-25(34)29(21-15(2)8-5-9-17(21)27)13-7-11-26(22)20(24(30)33)19-18(35-26)10-6-12-28(3)23(19)32/h5-11,16,18-20,22,31H,4,12-14H2,1-3H3/t16-,18+,19-,20-,22?,26-/m0/s1. The van der Waals surface area contributed by atoms with Gasteiger partial charge < -0.3 is 24.5 Å². The molecule has 1 spiro atoms. The van der Waals surface area contributed by atoms with Crippen molar-refractivity contribution in [3.8, 4) is 0 Å². The van der Waals surface area contributed by atoms with Gasteiger partial charge in [0, 0.05) is 20.1 Å². The Morgan fingerprint density at radius 2 is 1.94 bits per heavy atom. The Hall–Kier alpha value is -2.68. The van der Waals surface area contributed by atoms with Crippen LogP contribution in [0.15, 0.2) is 42.5 Å². The Morgan fingerprint density at radius 1 is 1.17 bits per heavy atom. The van der Waals surface area contributed by atoms with Crippen LogP contribution in [0.1, 0.15) is 18.9 Å². The number of hydrogen-bond acceptors (Lipinski definition) is 5. The molecule has 9 heteroatoms. The van der Waals surface area contributed by atoms with Crippen LogP contribution in [-0.4, -0.2) is 83.2 Å². The molecule has 4 aliphatic rings. The maximum atomic E-state index is 14.3. The van der Waals surface area contributed by atoms with E-state index in [4.69, 9.17) is 16.3 Å². The first kappa shape index (κ1) is 24.0. The van der Waals surface area contributed by atoms with Gasteiger partial charge >= 0.3 is 0 Å². The van der Waals surface area contributed by atoms with Crippen molar-refractivity contribution in [1.82, 2.24) is 9.80 Å². The largest absolute Gasteiger partial charge is 0.394 e. The molecule has 3 amide bonds. The topological polar surface area (TPSA) is 90.4 Å². The molecule has 0 radical (unpaired) electrons. The minimum Gasteiger partial charge on any atom is -0.394 e. The summed E-state index contributed by atoms with van der Waals surface area (Å²) in [5.41, 5.74) is 0.0829. The zero-order valence-electron chi connectivity index (χ0n) is 20.1. The molecule has 1 aromatic carbocycles. The molecule has 4 heterocycles. The van der Waals surface area contributed by atoms with E-state index in [2.05, 4.69) is 0 Å². The smallest absolute Gasteiger partial charge is 0.253 e. The predicted octanol–water partition coefficient (Wildman–Crippen LogP) is 1.93. The van der Waals surface area contributed by atoms with Crippen LogP contribution in [0.2, 0.25) is 5.02 Å². The highest BCUT2D eigenvalue weighted by molar-refractivity contribution is 6.34. The van der Waals surface area contributed by atoms with Gasteiger partial charge in [0.2, 0.25) is 11.8 Å². The average molecular weight is 500 g/mol. The van der Waals surface area contributed by atoms with E-state index in [-0.39, 0.29) is 30.9 Å². The maximum absolute atomic E-state index is 14.3. The van der Waals surface area contributed by atoms with E-state index in [9.17, 15) is 19.5 Å². The van der Waals surface area contributed by atoms with Crippen LogP contribution in [0.4, 0.5) is 5.69 Å². The highest BCUT2D eigenvalue weighted by Crippen LogP contribution is 2.54. The molecule has 6 atom stereocenters. The fraction of sp³-hybridized carbons (Fsp3) is 0.500. The summed E-state index contributed by atoms with van der Waals surface area (Å²) < 4.78 is 6.57. The summed E-state index contributed by atoms with van der Waals surface area (Å²) in [6.07, 6.45) is 7.15. The van der Waals surface area contributed by atoms with Crippen LogP contribution >= 0.6 is 11.6 Å². The number of nitrogens with zero attached hydrogens (tertiary/aromatic N) is 3. The van der Waals surface area contributed by atoms with Crippen molar-refractivity contribution in [3.05, 3.63) is 53.1 Å². The van der Waals surface area contributed by atoms with Gasteiger partial charge in [0.25, 0.3) is 5.91 Å². The molecule has 1 unspecified atom stereocenters. The number of ether oxygens (including phenoxy) is 1. The summed E-state index contributed by atoms with van der Waals surface area (Å²) >= 11 is 6.54. The number of para-hydroxylation sites is 1. The minimum atomic E-state index is -1.33. The Labute approximate surface area is 209 Å². The molecule has 35 heavy (non-hydrogen) atoms. The molecule has 2 saturated heterocycles. The lowest BCUT2D eigenvalue weighted by molar-refractivity contribution is -0.146. The number of halogens is 1. The summed E-state index contributed by atoms with van der Waals surface area (Å²) in [4.78, 5) is 46.4. The van der Waals surface area contributed by atoms with E-state index in [1.807, 2.05) is 44.2 Å². The molecule has 4 aliphatic heterocycles. The molecular formula is C26H30ClN3O5. The van der Waals surface area contributed by atoms with Crippen molar-refractivity contribution in [1.29, 1.82) is 0 Å². The van der Waals surface area contributed by atoms with E-state index in [1.54, 1.807) is 29.0 Å². The van der Waals surface area contributed by atoms with Crippen LogP contribution in [0, 0.1) is 18.8 Å². The molecule has 0 aliphatic carbocycles. The first-order valence-electron chi connectivity index (χ1n) is 12.0. The first-order chi connectivity index (χ1) is 16.8. The maximum Gasteiger partial charge on any atom is 0.253 e. The molecule has 0 bridgehead atoms. The monoisotopic (exact) mass is 499 g/mol. The predicted molar refractivity (Wildman–Crippen MR) is 131 cm³/mol. The fourth-order valence-electron chi connectivity index (χ4n) is 6.18. The van der Waals surface area contributed by atoms with Crippen molar-refractivity contribution < 1.29 is 24.2 Å². The number of carbonyl (C=O) groups is 3. The highest BCUT2D eigenvalue weighted by atomic mass is 35.5. The number of amides is 3. The summed E-state index contributed by atoms with van der Waals surface area (Å²) in [6, 6.07) is 3.81. The molecular weight excluding hydrogens is 470 g/mol. The van der Waals surface area contributed by atoms with Crippen LogP contribution in [0.25, 0.3) is 0 Å². The van der Waals surface area contributed by atoms with Gasteiger partial charge in [-0.15, -0.1) is 0 Å². The van der Waals surface area contributed by atoms with Gasteiger partial charge in [-0.2, -0.15) is 0 Å². The molecule has 0 aromatic heterocycles. The number of likely N-dealkylation sites (N-methyl/N-ethyl adjacent to an activating group) is 1. The zero-order chi connectivity index (χ0) is 25.1. The SMILES string of the molecule is CC[C@@H](CO)N1C(=O)[C@@H]2[C@H]3C(=O)N(C)CC=C[C@H]3O[C@@]23C=CCN(c2c(C)cccc2Cl)C(=O)C13. The molecule has 1 aromatic rings. The van der Waals surface area contributed by atoms with Crippen molar-refractivity contribution in [3.63, 3.8) is 0 Å². The van der Waals surface area contributed by atoms with Gasteiger partial charge in [-0.1, -0.05) is 55.0 Å². The first-order valence-corrected chi connectivity index (χ1v) is 12.4. The van der Waals surface area contributed by atoms with E-state index >= 15 is 0 Å². The molecule has 5 rings (SSSR count). The van der Waals surface area contributed by atoms with Gasteiger partial charge in [-0.25, -0.2) is 0 Å². The number of likely N-dealkylation sites (tertiary alicyclic amines) is 1. The number of benzene rings is 1. The lowest BCUT2D eigenvalue weighted by Crippen LogP contribution is -2.58. The van der Waals surface area contributed by atoms with E-state index in [1.165, 1.54) is 4.90 Å². The zero-order valence-corrected chi connectivity index (χ0v) is 20.8. The summed E-state index contributed by atoms with van der Waals surface area (Å²) in [5, 5.41) is 10.6. The molecule has 186 valence electrons. The number of aryl methyl sites for hydroxylation is 1. The van der Waals surface area contributed by atoms with Crippen molar-refractivity contribution in [2.75, 3.05) is 31.6 Å². The third kappa shape index (κ3) is 3.37. The summed E-state index contributed by atoms with van der Waals surface area (Å²) in [7, 11) is 1.70. The van der Waals surface area contributed by atoms with E-state index in [0.29, 0.717) is 23.7 Å². The van der Waals surface area contributed by atoms with Gasteiger partial charge in [0.15, 0.2) is 0 Å². The quantitative estimate of drug-likeness (QED) is 0.639. The second-order valence-corrected chi connectivity index (χ2v) is 10.1. The van der Waals surface area contributed by atoms with E-state index in [0.717, 1.165) is 5.56 Å². The number of hydrogen-bond donors (Lipinski definition) is 1. The number of fused-ring (bicyclic) bond motifs is 2. The normalized spacial score (nSPS) is 32.9. The number of anilines is 1.